The first-order valence-corrected chi connectivity index (χ1v) is 37.8. The Hall–Kier alpha value is -3.81. The number of amides is 1. The van der Waals surface area contributed by atoms with E-state index in [2.05, 4.69) is 129 Å². The number of aliphatic hydroxyl groups is 11. The maximum atomic E-state index is 13.4. The fourth-order valence-electron chi connectivity index (χ4n) is 11.9. The van der Waals surface area contributed by atoms with Gasteiger partial charge in [0.25, 0.3) is 0 Å². The van der Waals surface area contributed by atoms with E-state index in [9.17, 15) is 61.0 Å². The van der Waals surface area contributed by atoms with Gasteiger partial charge in [0.1, 0.15) is 73.2 Å². The summed E-state index contributed by atoms with van der Waals surface area (Å²) in [6.07, 6.45) is 54.7. The molecule has 0 aliphatic carbocycles. The molecule has 3 rings (SSSR count). The number of unbranched alkanes of at least 4 members (excludes halogenated alkanes) is 23. The van der Waals surface area contributed by atoms with Crippen LogP contribution in [0.3, 0.4) is 0 Å². The molecule has 19 nitrogen and oxygen atoms in total. The van der Waals surface area contributed by atoms with Gasteiger partial charge in [-0.1, -0.05) is 251 Å². The molecule has 0 spiro atoms. The number of carbonyl (C=O) groups is 1. The molecule has 0 aromatic heterocycles. The van der Waals surface area contributed by atoms with Crippen molar-refractivity contribution in [2.45, 2.75) is 343 Å². The Morgan fingerprint density at radius 3 is 1.14 bits per heavy atom. The van der Waals surface area contributed by atoms with Gasteiger partial charge in [-0.3, -0.25) is 4.79 Å². The normalized spacial score (nSPS) is 27.5. The molecule has 0 radical (unpaired) electrons. The summed E-state index contributed by atoms with van der Waals surface area (Å²) in [4.78, 5) is 13.4. The van der Waals surface area contributed by atoms with Crippen molar-refractivity contribution in [1.29, 1.82) is 0 Å². The van der Waals surface area contributed by atoms with Gasteiger partial charge >= 0.3 is 0 Å². The van der Waals surface area contributed by atoms with E-state index in [-0.39, 0.29) is 18.9 Å². The molecule has 3 aliphatic rings. The van der Waals surface area contributed by atoms with E-state index >= 15 is 0 Å². The van der Waals surface area contributed by atoms with E-state index in [1.807, 2.05) is 6.08 Å². The minimum absolute atomic E-state index is 0.225. The number of rotatable bonds is 57. The molecule has 0 aromatic rings. The van der Waals surface area contributed by atoms with Crippen molar-refractivity contribution in [3.05, 3.63) is 122 Å². The highest BCUT2D eigenvalue weighted by Crippen LogP contribution is 2.33. The molecule has 3 heterocycles. The van der Waals surface area contributed by atoms with Crippen LogP contribution in [-0.4, -0.2) is 193 Å². The Bertz CT molecular complexity index is 2250. The van der Waals surface area contributed by atoms with Crippen LogP contribution in [0.25, 0.3) is 0 Å². The van der Waals surface area contributed by atoms with Crippen LogP contribution < -0.4 is 5.32 Å². The second-order valence-corrected chi connectivity index (χ2v) is 26.4. The lowest BCUT2D eigenvalue weighted by Gasteiger charge is -2.48. The molecule has 19 heteroatoms. The third-order valence-corrected chi connectivity index (χ3v) is 18.0. The predicted octanol–water partition coefficient (Wildman–Crippen LogP) is 11.6. The molecule has 17 unspecified atom stereocenters. The molecule has 3 aliphatic heterocycles. The number of aliphatic hydroxyl groups excluding tert-OH is 11. The third kappa shape index (κ3) is 39.0. The summed E-state index contributed by atoms with van der Waals surface area (Å²) in [5.41, 5.74) is 0. The van der Waals surface area contributed by atoms with Gasteiger partial charge in [0.05, 0.1) is 38.6 Å². The first-order valence-electron chi connectivity index (χ1n) is 37.8. The predicted molar refractivity (Wildman–Crippen MR) is 387 cm³/mol. The lowest BCUT2D eigenvalue weighted by Crippen LogP contribution is -2.66. The second-order valence-electron chi connectivity index (χ2n) is 26.4. The molecule has 98 heavy (non-hydrogen) atoms. The van der Waals surface area contributed by atoms with Gasteiger partial charge in [-0.05, 0) is 103 Å². The average Bonchev–Trinajstić information content (AvgIpc) is 0.784. The quantitative estimate of drug-likeness (QED) is 0.0199. The zero-order valence-corrected chi connectivity index (χ0v) is 59.7. The van der Waals surface area contributed by atoms with Crippen molar-refractivity contribution >= 4 is 5.91 Å². The Morgan fingerprint density at radius 1 is 0.378 bits per heavy atom. The van der Waals surface area contributed by atoms with Crippen molar-refractivity contribution in [2.75, 3.05) is 26.4 Å². The summed E-state index contributed by atoms with van der Waals surface area (Å²) in [5, 5.41) is 121. The van der Waals surface area contributed by atoms with Gasteiger partial charge in [0.2, 0.25) is 5.91 Å². The summed E-state index contributed by atoms with van der Waals surface area (Å²) in [5.74, 6) is -0.294. The molecule has 0 saturated carbocycles. The monoisotopic (exact) mass is 1380 g/mol. The van der Waals surface area contributed by atoms with Crippen molar-refractivity contribution in [2.24, 2.45) is 0 Å². The van der Waals surface area contributed by atoms with Crippen LogP contribution >= 0.6 is 0 Å². The molecule has 1 amide bonds. The van der Waals surface area contributed by atoms with Crippen molar-refractivity contribution in [3.8, 4) is 0 Å². The topological polar surface area (TPSA) is 307 Å². The van der Waals surface area contributed by atoms with E-state index < -0.39 is 124 Å². The van der Waals surface area contributed by atoms with Gasteiger partial charge in [0, 0.05) is 6.42 Å². The number of ether oxygens (including phenoxy) is 6. The van der Waals surface area contributed by atoms with Crippen LogP contribution in [0.1, 0.15) is 239 Å². The Labute approximate surface area is 588 Å². The first-order chi connectivity index (χ1) is 47.8. The van der Waals surface area contributed by atoms with Crippen LogP contribution in [0.2, 0.25) is 0 Å². The van der Waals surface area contributed by atoms with Crippen molar-refractivity contribution < 1.29 is 89.4 Å². The van der Waals surface area contributed by atoms with E-state index in [4.69, 9.17) is 28.4 Å². The summed E-state index contributed by atoms with van der Waals surface area (Å²) < 4.78 is 34.3. The third-order valence-electron chi connectivity index (χ3n) is 18.0. The lowest BCUT2D eigenvalue weighted by atomic mass is 9.96. The van der Waals surface area contributed by atoms with Crippen LogP contribution in [0.4, 0.5) is 0 Å². The number of carbonyl (C=O) groups excluding carboxylic acids is 1. The largest absolute Gasteiger partial charge is 0.394 e. The van der Waals surface area contributed by atoms with Crippen LogP contribution in [0.5, 0.6) is 0 Å². The number of nitrogens with one attached hydrogen (secondary N) is 1. The molecule has 12 N–H and O–H groups in total. The SMILES string of the molecule is CC/C=C\C/C=C\C/C=C\C/C=C\C/C=C\C/C=C\C/C=C\CCCCCCCCCCCCCCCCCC(=O)NC(COC1OC(CO)C(OC2OC(CO)C(OC3OC(CO)C(O)C(O)C3O)C(O)C2O)C(O)C1O)C(O)/C=C/CC/C=C/CC/C=C/CCCCCCCC. The fraction of sp³-hybridized carbons (Fsp3) is 0.734. The molecular weight excluding hydrogens is 1250 g/mol. The molecule has 0 aromatic carbocycles. The van der Waals surface area contributed by atoms with Gasteiger partial charge < -0.3 is 89.9 Å². The first kappa shape index (κ1) is 88.4. The van der Waals surface area contributed by atoms with Crippen LogP contribution in [0, 0.1) is 0 Å². The number of allylic oxidation sites excluding steroid dienone is 19. The zero-order chi connectivity index (χ0) is 71.1. The Kier molecular flexibility index (Phi) is 52.9. The Morgan fingerprint density at radius 2 is 0.714 bits per heavy atom. The van der Waals surface area contributed by atoms with E-state index in [0.29, 0.717) is 12.8 Å². The van der Waals surface area contributed by atoms with Gasteiger partial charge in [-0.2, -0.15) is 0 Å². The molecule has 17 atom stereocenters. The number of hydrogen-bond acceptors (Lipinski definition) is 18. The smallest absolute Gasteiger partial charge is 0.220 e. The highest BCUT2D eigenvalue weighted by molar-refractivity contribution is 5.76. The van der Waals surface area contributed by atoms with Crippen molar-refractivity contribution in [1.82, 2.24) is 5.32 Å². The summed E-state index contributed by atoms with van der Waals surface area (Å²) in [6.45, 7) is 1.57. The maximum Gasteiger partial charge on any atom is 0.220 e. The van der Waals surface area contributed by atoms with E-state index in [1.54, 1.807) is 6.08 Å². The Balaban J connectivity index is 1.35. The standard InChI is InChI=1S/C79H133NO18/c1-3-5-7-9-11-13-15-17-19-21-22-23-24-25-26-27-28-29-30-31-32-33-34-35-36-37-38-39-40-41-43-45-47-49-51-53-55-57-67(85)80-62(63(84)56-54-52-50-48-46-44-42-20-18-16-14-12-10-8-6-4-2)61-93-77-73(91)70(88)75(65(59-82)95-77)98-79-74(92)71(89)76(66(60-83)96-79)97-78-72(90)69(87)68(86)64(58-81)94-78/h5,7,11,13,17-20,22-23,25-26,28-29,31-32,46,48,54,56,62-66,68-79,81-84,86-92H,3-4,6,8-10,12,14-16,21,24,27,30,33-45,47,49-53,55,57-61H2,1-2H3,(H,80,85)/b7-5-,13-11-,19-17-,20-18+,23-22-,26-25-,29-28-,32-31-,48-46+,56-54+. The highest BCUT2D eigenvalue weighted by atomic mass is 16.8. The van der Waals surface area contributed by atoms with Crippen LogP contribution in [0.15, 0.2) is 122 Å². The van der Waals surface area contributed by atoms with Crippen LogP contribution in [-0.2, 0) is 33.2 Å². The summed E-state index contributed by atoms with van der Waals surface area (Å²) >= 11 is 0. The van der Waals surface area contributed by atoms with Gasteiger partial charge in [-0.15, -0.1) is 0 Å². The molecule has 3 fully saturated rings. The second kappa shape index (κ2) is 58.7. The minimum Gasteiger partial charge on any atom is -0.394 e. The molecule has 3 saturated heterocycles. The van der Waals surface area contributed by atoms with Gasteiger partial charge in [0.15, 0.2) is 18.9 Å². The summed E-state index contributed by atoms with van der Waals surface area (Å²) in [7, 11) is 0. The lowest BCUT2D eigenvalue weighted by molar-refractivity contribution is -0.379. The highest BCUT2D eigenvalue weighted by Gasteiger charge is 2.53. The number of hydrogen-bond donors (Lipinski definition) is 12. The average molecular weight is 1380 g/mol. The van der Waals surface area contributed by atoms with E-state index in [0.717, 1.165) is 103 Å². The molecule has 0 bridgehead atoms. The van der Waals surface area contributed by atoms with Crippen molar-refractivity contribution in [3.63, 3.8) is 0 Å². The van der Waals surface area contributed by atoms with E-state index in [1.165, 1.54) is 103 Å². The minimum atomic E-state index is -1.99. The fourth-order valence-corrected chi connectivity index (χ4v) is 11.9. The molecular formula is C79H133NO18. The zero-order valence-electron chi connectivity index (χ0n) is 59.7. The summed E-state index contributed by atoms with van der Waals surface area (Å²) in [6, 6.07) is -1.00. The van der Waals surface area contributed by atoms with Gasteiger partial charge in [-0.25, -0.2) is 0 Å². The molecule has 562 valence electrons. The maximum absolute atomic E-state index is 13.4.